The molecule has 1 atom stereocenters. The van der Waals surface area contributed by atoms with E-state index in [-0.39, 0.29) is 0 Å². The second kappa shape index (κ2) is 7.77. The highest BCUT2D eigenvalue weighted by Crippen LogP contribution is 2.27. The molecule has 0 heterocycles. The number of hydrogen-bond acceptors (Lipinski definition) is 1. The van der Waals surface area contributed by atoms with Gasteiger partial charge in [-0.25, -0.2) is 0 Å². The molecule has 0 radical (unpaired) electrons. The van der Waals surface area contributed by atoms with Crippen LogP contribution in [-0.4, -0.2) is 13.1 Å². The maximum atomic E-state index is 3.37. The van der Waals surface area contributed by atoms with Gasteiger partial charge in [0.15, 0.2) is 0 Å². The van der Waals surface area contributed by atoms with Crippen LogP contribution in [0.1, 0.15) is 58.3 Å². The van der Waals surface area contributed by atoms with Gasteiger partial charge in [-0.15, -0.1) is 11.8 Å². The minimum Gasteiger partial charge on any atom is -0.316 e. The van der Waals surface area contributed by atoms with Crippen LogP contribution in [0.2, 0.25) is 0 Å². The SMILES string of the molecule is CC#CCC(CCC1CCCCC1)NC. The molecule has 86 valence electrons. The Balaban J connectivity index is 2.16. The molecule has 15 heavy (non-hydrogen) atoms. The molecule has 1 nitrogen and oxygen atoms in total. The molecule has 0 aromatic rings. The van der Waals surface area contributed by atoms with E-state index in [4.69, 9.17) is 0 Å². The molecular formula is C14H25N. The largest absolute Gasteiger partial charge is 0.316 e. The van der Waals surface area contributed by atoms with Gasteiger partial charge >= 0.3 is 0 Å². The summed E-state index contributed by atoms with van der Waals surface area (Å²) in [5.41, 5.74) is 0. The summed E-state index contributed by atoms with van der Waals surface area (Å²) in [6.45, 7) is 1.92. The van der Waals surface area contributed by atoms with E-state index in [2.05, 4.69) is 24.2 Å². The first kappa shape index (κ1) is 12.6. The van der Waals surface area contributed by atoms with Crippen molar-refractivity contribution in [3.63, 3.8) is 0 Å². The summed E-state index contributed by atoms with van der Waals surface area (Å²) in [5.74, 6) is 7.16. The van der Waals surface area contributed by atoms with Crippen LogP contribution >= 0.6 is 0 Å². The molecule has 1 saturated carbocycles. The van der Waals surface area contributed by atoms with Gasteiger partial charge in [0.1, 0.15) is 0 Å². The molecule has 0 spiro atoms. The van der Waals surface area contributed by atoms with Crippen molar-refractivity contribution in [3.8, 4) is 11.8 Å². The first-order chi connectivity index (χ1) is 7.36. The quantitative estimate of drug-likeness (QED) is 0.682. The molecule has 0 amide bonds. The molecule has 1 aliphatic rings. The van der Waals surface area contributed by atoms with E-state index in [0.29, 0.717) is 6.04 Å². The van der Waals surface area contributed by atoms with Crippen LogP contribution < -0.4 is 5.32 Å². The highest BCUT2D eigenvalue weighted by atomic mass is 14.9. The van der Waals surface area contributed by atoms with E-state index < -0.39 is 0 Å². The average molecular weight is 207 g/mol. The van der Waals surface area contributed by atoms with Gasteiger partial charge in [0.25, 0.3) is 0 Å². The molecule has 1 heteroatoms. The molecule has 0 bridgehead atoms. The fourth-order valence-electron chi connectivity index (χ4n) is 2.49. The topological polar surface area (TPSA) is 12.0 Å². The van der Waals surface area contributed by atoms with Gasteiger partial charge in [-0.2, -0.15) is 0 Å². The Kier molecular flexibility index (Phi) is 6.52. The van der Waals surface area contributed by atoms with Crippen LogP contribution in [-0.2, 0) is 0 Å². The summed E-state index contributed by atoms with van der Waals surface area (Å²) in [5, 5.41) is 3.37. The van der Waals surface area contributed by atoms with E-state index in [0.717, 1.165) is 12.3 Å². The Bertz CT molecular complexity index is 205. The predicted octanol–water partition coefficient (Wildman–Crippen LogP) is 3.35. The van der Waals surface area contributed by atoms with Crippen molar-refractivity contribution in [2.24, 2.45) is 5.92 Å². The van der Waals surface area contributed by atoms with Crippen LogP contribution in [0.5, 0.6) is 0 Å². The first-order valence-corrected chi connectivity index (χ1v) is 6.43. The molecule has 0 aliphatic heterocycles. The normalized spacial score (nSPS) is 19.3. The lowest BCUT2D eigenvalue weighted by Gasteiger charge is -2.23. The van der Waals surface area contributed by atoms with Crippen LogP contribution in [0.3, 0.4) is 0 Å². The molecule has 1 N–H and O–H groups in total. The number of nitrogens with one attached hydrogen (secondary N) is 1. The Morgan fingerprint density at radius 2 is 2.00 bits per heavy atom. The van der Waals surface area contributed by atoms with Crippen molar-refractivity contribution < 1.29 is 0 Å². The summed E-state index contributed by atoms with van der Waals surface area (Å²) in [6.07, 6.45) is 11.0. The lowest BCUT2D eigenvalue weighted by atomic mass is 9.85. The predicted molar refractivity (Wildman–Crippen MR) is 66.7 cm³/mol. The van der Waals surface area contributed by atoms with Gasteiger partial charge in [-0.05, 0) is 32.7 Å². The molecule has 0 saturated heterocycles. The standard InChI is InChI=1S/C14H25N/c1-3-4-10-14(15-2)12-11-13-8-6-5-7-9-13/h13-15H,5-12H2,1-2H3. The highest BCUT2D eigenvalue weighted by molar-refractivity contribution is 4.98. The van der Waals surface area contributed by atoms with Crippen molar-refractivity contribution in [1.82, 2.24) is 5.32 Å². The van der Waals surface area contributed by atoms with E-state index in [9.17, 15) is 0 Å². The van der Waals surface area contributed by atoms with Crippen molar-refractivity contribution in [3.05, 3.63) is 0 Å². The average Bonchev–Trinajstić information content (AvgIpc) is 2.31. The summed E-state index contributed by atoms with van der Waals surface area (Å²) in [4.78, 5) is 0. The second-order valence-electron chi connectivity index (χ2n) is 4.70. The zero-order valence-corrected chi connectivity index (χ0v) is 10.3. The maximum Gasteiger partial charge on any atom is 0.0243 e. The molecule has 0 aromatic carbocycles. The van der Waals surface area contributed by atoms with E-state index in [1.54, 1.807) is 0 Å². The molecule has 1 unspecified atom stereocenters. The van der Waals surface area contributed by atoms with Crippen LogP contribution in [0.25, 0.3) is 0 Å². The van der Waals surface area contributed by atoms with Crippen LogP contribution in [0, 0.1) is 17.8 Å². The van der Waals surface area contributed by atoms with Gasteiger partial charge in [0.2, 0.25) is 0 Å². The molecule has 0 aromatic heterocycles. The maximum absolute atomic E-state index is 3.37. The van der Waals surface area contributed by atoms with E-state index >= 15 is 0 Å². The fourth-order valence-corrected chi connectivity index (χ4v) is 2.49. The zero-order valence-electron chi connectivity index (χ0n) is 10.3. The van der Waals surface area contributed by atoms with Crippen molar-refractivity contribution in [2.45, 2.75) is 64.3 Å². The number of rotatable bonds is 5. The van der Waals surface area contributed by atoms with Crippen LogP contribution in [0.4, 0.5) is 0 Å². The van der Waals surface area contributed by atoms with E-state index in [1.165, 1.54) is 44.9 Å². The van der Waals surface area contributed by atoms with Crippen LogP contribution in [0.15, 0.2) is 0 Å². The van der Waals surface area contributed by atoms with E-state index in [1.807, 2.05) is 6.92 Å². The van der Waals surface area contributed by atoms with Crippen molar-refractivity contribution >= 4 is 0 Å². The Morgan fingerprint density at radius 1 is 1.27 bits per heavy atom. The molecule has 1 rings (SSSR count). The Hall–Kier alpha value is -0.480. The Labute approximate surface area is 95.0 Å². The third kappa shape index (κ3) is 5.23. The number of hydrogen-bond donors (Lipinski definition) is 1. The third-order valence-electron chi connectivity index (χ3n) is 3.58. The monoisotopic (exact) mass is 207 g/mol. The Morgan fingerprint density at radius 3 is 2.60 bits per heavy atom. The van der Waals surface area contributed by atoms with Crippen molar-refractivity contribution in [2.75, 3.05) is 7.05 Å². The zero-order chi connectivity index (χ0) is 10.9. The molecular weight excluding hydrogens is 182 g/mol. The van der Waals surface area contributed by atoms with Gasteiger partial charge in [-0.1, -0.05) is 32.1 Å². The fraction of sp³-hybridized carbons (Fsp3) is 0.857. The third-order valence-corrected chi connectivity index (χ3v) is 3.58. The molecule has 1 aliphatic carbocycles. The summed E-state index contributed by atoms with van der Waals surface area (Å²) >= 11 is 0. The van der Waals surface area contributed by atoms with Gasteiger partial charge in [0.05, 0.1) is 0 Å². The van der Waals surface area contributed by atoms with Crippen molar-refractivity contribution in [1.29, 1.82) is 0 Å². The van der Waals surface area contributed by atoms with Gasteiger partial charge in [-0.3, -0.25) is 0 Å². The summed E-state index contributed by atoms with van der Waals surface area (Å²) in [6, 6.07) is 0.611. The lowest BCUT2D eigenvalue weighted by molar-refractivity contribution is 0.317. The van der Waals surface area contributed by atoms with Gasteiger partial charge < -0.3 is 5.32 Å². The molecule has 1 fully saturated rings. The lowest BCUT2D eigenvalue weighted by Crippen LogP contribution is -2.25. The van der Waals surface area contributed by atoms with Gasteiger partial charge in [0, 0.05) is 12.5 Å². The highest BCUT2D eigenvalue weighted by Gasteiger charge is 2.14. The minimum atomic E-state index is 0.611. The summed E-state index contributed by atoms with van der Waals surface area (Å²) in [7, 11) is 2.06. The second-order valence-corrected chi connectivity index (χ2v) is 4.70. The minimum absolute atomic E-state index is 0.611. The first-order valence-electron chi connectivity index (χ1n) is 6.43. The summed E-state index contributed by atoms with van der Waals surface area (Å²) < 4.78 is 0. The smallest absolute Gasteiger partial charge is 0.0243 e.